The number of pyridine rings is 1. The van der Waals surface area contributed by atoms with Gasteiger partial charge < -0.3 is 14.2 Å². The third-order valence-corrected chi connectivity index (χ3v) is 7.43. The second kappa shape index (κ2) is 9.00. The van der Waals surface area contributed by atoms with Crippen molar-refractivity contribution in [2.75, 3.05) is 20.2 Å². The Morgan fingerprint density at radius 3 is 2.63 bits per heavy atom. The van der Waals surface area contributed by atoms with Gasteiger partial charge in [-0.25, -0.2) is 9.97 Å². The van der Waals surface area contributed by atoms with E-state index in [1.165, 1.54) is 0 Å². The van der Waals surface area contributed by atoms with Gasteiger partial charge in [-0.1, -0.05) is 35.9 Å². The first kappa shape index (κ1) is 22.1. The predicted octanol–water partition coefficient (Wildman–Crippen LogP) is 5.69. The molecule has 0 radical (unpaired) electrons. The van der Waals surface area contributed by atoms with Crippen LogP contribution in [0.15, 0.2) is 60.8 Å². The molecule has 0 unspecified atom stereocenters. The molecule has 4 aromatic rings. The summed E-state index contributed by atoms with van der Waals surface area (Å²) >= 11 is 6.50. The number of nitrogens with zero attached hydrogens (tertiary/aromatic N) is 4. The van der Waals surface area contributed by atoms with E-state index >= 15 is 0 Å². The second-order valence-corrected chi connectivity index (χ2v) is 9.94. The number of carbonyl (C=O) groups excluding carboxylic acids is 1. The average Bonchev–Trinajstić information content (AvgIpc) is 3.53. The molecule has 7 heteroatoms. The lowest BCUT2D eigenvalue weighted by molar-refractivity contribution is -0.131. The highest BCUT2D eigenvalue weighted by Gasteiger charge is 2.36. The van der Waals surface area contributed by atoms with Gasteiger partial charge in [0.2, 0.25) is 5.91 Å². The lowest BCUT2D eigenvalue weighted by atomic mass is 10.0. The molecule has 2 aliphatic rings. The van der Waals surface area contributed by atoms with E-state index in [4.69, 9.17) is 21.3 Å². The molecule has 0 N–H and O–H groups in total. The molecule has 0 bridgehead atoms. The van der Waals surface area contributed by atoms with Gasteiger partial charge in [-0.2, -0.15) is 0 Å². The van der Waals surface area contributed by atoms with Crippen molar-refractivity contribution in [3.8, 4) is 28.3 Å². The molecule has 2 aromatic heterocycles. The van der Waals surface area contributed by atoms with E-state index in [0.29, 0.717) is 16.8 Å². The molecule has 35 heavy (non-hydrogen) atoms. The van der Waals surface area contributed by atoms with E-state index in [-0.39, 0.29) is 5.92 Å². The molecule has 1 amide bonds. The SMILES string of the molecule is COc1ccc(-c2ccc(-c3nc4ncccc4n3C[C@@H]3CCN(C(=O)C4CC4)C3)cc2)c(Cl)c1. The normalized spacial score (nSPS) is 17.8. The van der Waals surface area contributed by atoms with Crippen molar-refractivity contribution >= 4 is 28.7 Å². The van der Waals surface area contributed by atoms with Crippen LogP contribution in [0, 0.1) is 11.8 Å². The Bertz CT molecular complexity index is 1390. The molecule has 2 fully saturated rings. The molecule has 1 aliphatic heterocycles. The molecule has 1 aliphatic carbocycles. The Hall–Kier alpha value is -3.38. The topological polar surface area (TPSA) is 60.3 Å². The number of hydrogen-bond donors (Lipinski definition) is 0. The highest BCUT2D eigenvalue weighted by atomic mass is 35.5. The zero-order valence-electron chi connectivity index (χ0n) is 19.7. The van der Waals surface area contributed by atoms with Gasteiger partial charge in [0.1, 0.15) is 11.6 Å². The first-order valence-electron chi connectivity index (χ1n) is 12.1. The van der Waals surface area contributed by atoms with E-state index in [1.807, 2.05) is 24.3 Å². The molecule has 6 nitrogen and oxygen atoms in total. The monoisotopic (exact) mass is 486 g/mol. The summed E-state index contributed by atoms with van der Waals surface area (Å²) in [6.07, 6.45) is 4.91. The number of carbonyl (C=O) groups is 1. The Morgan fingerprint density at radius 1 is 1.09 bits per heavy atom. The Kier molecular flexibility index (Phi) is 5.69. The van der Waals surface area contributed by atoms with Crippen molar-refractivity contribution < 1.29 is 9.53 Å². The van der Waals surface area contributed by atoms with Crippen LogP contribution in [0.3, 0.4) is 0 Å². The summed E-state index contributed by atoms with van der Waals surface area (Å²) in [5, 5.41) is 0.653. The fourth-order valence-electron chi connectivity index (χ4n) is 5.05. The number of rotatable bonds is 6. The van der Waals surface area contributed by atoms with Crippen LogP contribution < -0.4 is 4.74 Å². The highest BCUT2D eigenvalue weighted by molar-refractivity contribution is 6.33. The average molecular weight is 487 g/mol. The van der Waals surface area contributed by atoms with Gasteiger partial charge in [-0.15, -0.1) is 0 Å². The summed E-state index contributed by atoms with van der Waals surface area (Å²) in [7, 11) is 1.63. The third-order valence-electron chi connectivity index (χ3n) is 7.12. The number of amides is 1. The zero-order chi connectivity index (χ0) is 23.9. The molecular weight excluding hydrogens is 460 g/mol. The molecule has 178 valence electrons. The Labute approximate surface area is 209 Å². The van der Waals surface area contributed by atoms with Crippen LogP contribution in [0.5, 0.6) is 5.75 Å². The molecule has 0 spiro atoms. The minimum Gasteiger partial charge on any atom is -0.497 e. The van der Waals surface area contributed by atoms with E-state index in [9.17, 15) is 4.79 Å². The zero-order valence-corrected chi connectivity index (χ0v) is 20.4. The fraction of sp³-hybridized carbons (Fsp3) is 0.321. The van der Waals surface area contributed by atoms with Gasteiger partial charge in [0.25, 0.3) is 0 Å². The van der Waals surface area contributed by atoms with Gasteiger partial charge in [-0.3, -0.25) is 4.79 Å². The fourth-order valence-corrected chi connectivity index (χ4v) is 5.33. The van der Waals surface area contributed by atoms with Crippen LogP contribution in [0.1, 0.15) is 19.3 Å². The molecule has 1 atom stereocenters. The molecule has 6 rings (SSSR count). The van der Waals surface area contributed by atoms with Gasteiger partial charge >= 0.3 is 0 Å². The maximum Gasteiger partial charge on any atom is 0.225 e. The summed E-state index contributed by atoms with van der Waals surface area (Å²) in [4.78, 5) is 24.0. The summed E-state index contributed by atoms with van der Waals surface area (Å²) in [6.45, 7) is 2.50. The van der Waals surface area contributed by atoms with Crippen molar-refractivity contribution in [2.45, 2.75) is 25.8 Å². The van der Waals surface area contributed by atoms with Crippen molar-refractivity contribution in [2.24, 2.45) is 11.8 Å². The number of methoxy groups -OCH3 is 1. The number of likely N-dealkylation sites (tertiary alicyclic amines) is 1. The van der Waals surface area contributed by atoms with Crippen LogP contribution in [0.4, 0.5) is 0 Å². The lowest BCUT2D eigenvalue weighted by Crippen LogP contribution is -2.30. The maximum atomic E-state index is 12.5. The van der Waals surface area contributed by atoms with Gasteiger partial charge in [0.05, 0.1) is 17.6 Å². The number of benzene rings is 2. The van der Waals surface area contributed by atoms with Gasteiger partial charge in [-0.05, 0) is 61.1 Å². The highest BCUT2D eigenvalue weighted by Crippen LogP contribution is 2.35. The molecular formula is C28H27ClN4O2. The minimum absolute atomic E-state index is 0.278. The van der Waals surface area contributed by atoms with Gasteiger partial charge in [0.15, 0.2) is 5.65 Å². The van der Waals surface area contributed by atoms with Crippen LogP contribution in [-0.4, -0.2) is 45.5 Å². The number of halogens is 1. The van der Waals surface area contributed by atoms with Crippen molar-refractivity contribution in [3.05, 3.63) is 65.8 Å². The van der Waals surface area contributed by atoms with Crippen LogP contribution in [-0.2, 0) is 11.3 Å². The van der Waals surface area contributed by atoms with Crippen LogP contribution in [0.2, 0.25) is 5.02 Å². The van der Waals surface area contributed by atoms with E-state index in [0.717, 1.165) is 78.3 Å². The number of ether oxygens (including phenoxy) is 1. The minimum atomic E-state index is 0.278. The summed E-state index contributed by atoms with van der Waals surface area (Å²) in [5.41, 5.74) is 4.79. The summed E-state index contributed by atoms with van der Waals surface area (Å²) < 4.78 is 7.54. The first-order chi connectivity index (χ1) is 17.1. The lowest BCUT2D eigenvalue weighted by Gasteiger charge is -2.18. The van der Waals surface area contributed by atoms with Crippen molar-refractivity contribution in [1.82, 2.24) is 19.4 Å². The Balaban J connectivity index is 1.30. The summed E-state index contributed by atoms with van der Waals surface area (Å²) in [6, 6.07) is 18.1. The maximum absolute atomic E-state index is 12.5. The van der Waals surface area contributed by atoms with Crippen LogP contribution >= 0.6 is 11.6 Å². The van der Waals surface area contributed by atoms with Crippen molar-refractivity contribution in [3.63, 3.8) is 0 Å². The quantitative estimate of drug-likeness (QED) is 0.351. The number of hydrogen-bond acceptors (Lipinski definition) is 4. The second-order valence-electron chi connectivity index (χ2n) is 9.53. The first-order valence-corrected chi connectivity index (χ1v) is 12.5. The van der Waals surface area contributed by atoms with Gasteiger partial charge in [0, 0.05) is 42.9 Å². The molecule has 3 heterocycles. The van der Waals surface area contributed by atoms with E-state index in [2.05, 4.69) is 44.8 Å². The van der Waals surface area contributed by atoms with Crippen molar-refractivity contribution in [1.29, 1.82) is 0 Å². The molecule has 1 saturated heterocycles. The standard InChI is InChI=1S/C28H27ClN4O2/c1-35-22-10-11-23(24(29)15-22)19-4-6-20(7-5-19)27-31-26-25(3-2-13-30-26)33(27)17-18-12-14-32(16-18)28(34)21-8-9-21/h2-7,10-11,13,15,18,21H,8-9,12,14,16-17H2,1H3/t18-/m1/s1. The third kappa shape index (κ3) is 4.27. The predicted molar refractivity (Wildman–Crippen MR) is 137 cm³/mol. The van der Waals surface area contributed by atoms with Crippen LogP contribution in [0.25, 0.3) is 33.7 Å². The van der Waals surface area contributed by atoms with E-state index in [1.54, 1.807) is 13.3 Å². The Morgan fingerprint density at radius 2 is 1.89 bits per heavy atom. The smallest absolute Gasteiger partial charge is 0.225 e. The number of imidazole rings is 1. The molecule has 1 saturated carbocycles. The largest absolute Gasteiger partial charge is 0.497 e. The summed E-state index contributed by atoms with van der Waals surface area (Å²) in [5.74, 6) is 2.67. The number of fused-ring (bicyclic) bond motifs is 1. The molecule has 2 aromatic carbocycles. The van der Waals surface area contributed by atoms with E-state index < -0.39 is 0 Å². The number of aromatic nitrogens is 3.